The number of carbonyl (C=O) groups is 1. The zero-order valence-corrected chi connectivity index (χ0v) is 12.7. The lowest BCUT2D eigenvalue weighted by Crippen LogP contribution is -2.28. The van der Waals surface area contributed by atoms with E-state index in [9.17, 15) is 4.79 Å². The van der Waals surface area contributed by atoms with Gasteiger partial charge in [0.2, 0.25) is 0 Å². The van der Waals surface area contributed by atoms with Crippen molar-refractivity contribution in [2.75, 3.05) is 27.2 Å². The van der Waals surface area contributed by atoms with Crippen molar-refractivity contribution in [1.29, 1.82) is 0 Å². The Bertz CT molecular complexity index is 551. The summed E-state index contributed by atoms with van der Waals surface area (Å²) < 4.78 is 5.23. The molecule has 0 unspecified atom stereocenters. The van der Waals surface area contributed by atoms with Gasteiger partial charge >= 0.3 is 0 Å². The molecule has 0 aliphatic heterocycles. The highest BCUT2D eigenvalue weighted by atomic mass is 32.1. The minimum absolute atomic E-state index is 0.0936. The van der Waals surface area contributed by atoms with E-state index in [2.05, 4.69) is 22.4 Å². The average Bonchev–Trinajstić information content (AvgIpc) is 2.98. The maximum absolute atomic E-state index is 12.3. The average molecular weight is 289 g/mol. The molecule has 3 nitrogen and oxygen atoms in total. The molecule has 2 rings (SSSR count). The molecule has 0 fully saturated rings. The van der Waals surface area contributed by atoms with Crippen molar-refractivity contribution in [3.05, 3.63) is 52.2 Å². The number of rotatable bonds is 7. The molecule has 0 N–H and O–H groups in total. The summed E-state index contributed by atoms with van der Waals surface area (Å²) in [6.45, 7) is 1.28. The molecular weight excluding hydrogens is 270 g/mol. The molecule has 0 amide bonds. The minimum atomic E-state index is 0.0936. The highest BCUT2D eigenvalue weighted by Gasteiger charge is 2.13. The summed E-state index contributed by atoms with van der Waals surface area (Å²) in [4.78, 5) is 15.7. The maximum atomic E-state index is 12.3. The SMILES string of the molecule is COc1ccccc1C(=O)CN(C)CCc1cccs1. The van der Waals surface area contributed by atoms with Gasteiger partial charge in [0.25, 0.3) is 0 Å². The molecule has 0 saturated heterocycles. The van der Waals surface area contributed by atoms with Gasteiger partial charge in [-0.1, -0.05) is 18.2 Å². The van der Waals surface area contributed by atoms with Crippen LogP contribution in [-0.4, -0.2) is 37.9 Å². The van der Waals surface area contributed by atoms with Crippen LogP contribution in [-0.2, 0) is 6.42 Å². The number of benzene rings is 1. The van der Waals surface area contributed by atoms with Crippen molar-refractivity contribution in [2.24, 2.45) is 0 Å². The Morgan fingerprint density at radius 1 is 1.25 bits per heavy atom. The van der Waals surface area contributed by atoms with Crippen LogP contribution < -0.4 is 4.74 Å². The van der Waals surface area contributed by atoms with Gasteiger partial charge in [-0.3, -0.25) is 9.69 Å². The summed E-state index contributed by atoms with van der Waals surface area (Å²) in [7, 11) is 3.56. The summed E-state index contributed by atoms with van der Waals surface area (Å²) in [6, 6.07) is 11.5. The number of likely N-dealkylation sites (N-methyl/N-ethyl adjacent to an activating group) is 1. The normalized spacial score (nSPS) is 10.8. The second kappa shape index (κ2) is 7.22. The van der Waals surface area contributed by atoms with Gasteiger partial charge in [-0.2, -0.15) is 0 Å². The molecule has 0 atom stereocenters. The van der Waals surface area contributed by atoms with Crippen LogP contribution in [0, 0.1) is 0 Å². The molecule has 0 saturated carbocycles. The fraction of sp³-hybridized carbons (Fsp3) is 0.312. The maximum Gasteiger partial charge on any atom is 0.180 e. The summed E-state index contributed by atoms with van der Waals surface area (Å²) in [5.41, 5.74) is 0.651. The molecular formula is C16H19NO2S. The van der Waals surface area contributed by atoms with Crippen molar-refractivity contribution in [1.82, 2.24) is 4.90 Å². The molecule has 0 spiro atoms. The molecule has 0 bridgehead atoms. The topological polar surface area (TPSA) is 29.5 Å². The molecule has 0 aliphatic rings. The lowest BCUT2D eigenvalue weighted by Gasteiger charge is -2.16. The van der Waals surface area contributed by atoms with Gasteiger partial charge in [0, 0.05) is 11.4 Å². The van der Waals surface area contributed by atoms with Crippen molar-refractivity contribution in [2.45, 2.75) is 6.42 Å². The number of carbonyl (C=O) groups excluding carboxylic acids is 1. The number of thiophene rings is 1. The Morgan fingerprint density at radius 3 is 2.75 bits per heavy atom. The summed E-state index contributed by atoms with van der Waals surface area (Å²) in [6.07, 6.45) is 0.980. The van der Waals surface area contributed by atoms with Crippen LogP contribution in [0.3, 0.4) is 0 Å². The first-order valence-electron chi connectivity index (χ1n) is 6.58. The monoisotopic (exact) mass is 289 g/mol. The Hall–Kier alpha value is -1.65. The first-order chi connectivity index (χ1) is 9.70. The second-order valence-electron chi connectivity index (χ2n) is 4.69. The van der Waals surface area contributed by atoms with Crippen molar-refractivity contribution < 1.29 is 9.53 Å². The van der Waals surface area contributed by atoms with E-state index >= 15 is 0 Å². The number of ketones is 1. The van der Waals surface area contributed by atoms with Crippen LogP contribution in [0.15, 0.2) is 41.8 Å². The van der Waals surface area contributed by atoms with E-state index in [1.807, 2.05) is 31.3 Å². The fourth-order valence-electron chi connectivity index (χ4n) is 2.04. The number of hydrogen-bond donors (Lipinski definition) is 0. The van der Waals surface area contributed by atoms with Crippen LogP contribution in [0.25, 0.3) is 0 Å². The van der Waals surface area contributed by atoms with Crippen LogP contribution in [0.5, 0.6) is 5.75 Å². The Labute approximate surface area is 123 Å². The lowest BCUT2D eigenvalue weighted by molar-refractivity contribution is 0.0944. The first-order valence-corrected chi connectivity index (χ1v) is 7.46. The van der Waals surface area contributed by atoms with Gasteiger partial charge in [-0.15, -0.1) is 11.3 Å². The highest BCUT2D eigenvalue weighted by Crippen LogP contribution is 2.18. The Balaban J connectivity index is 1.90. The van der Waals surface area contributed by atoms with Crippen LogP contribution in [0.2, 0.25) is 0 Å². The molecule has 2 aromatic rings. The molecule has 0 aliphatic carbocycles. The Morgan fingerprint density at radius 2 is 2.05 bits per heavy atom. The number of hydrogen-bond acceptors (Lipinski definition) is 4. The Kier molecular flexibility index (Phi) is 5.32. The van der Waals surface area contributed by atoms with Gasteiger partial charge in [0.1, 0.15) is 5.75 Å². The predicted molar refractivity (Wildman–Crippen MR) is 82.8 cm³/mol. The van der Waals surface area contributed by atoms with Crippen LogP contribution >= 0.6 is 11.3 Å². The van der Waals surface area contributed by atoms with E-state index in [1.165, 1.54) is 4.88 Å². The second-order valence-corrected chi connectivity index (χ2v) is 5.72. The molecule has 1 heterocycles. The molecule has 106 valence electrons. The zero-order chi connectivity index (χ0) is 14.4. The smallest absolute Gasteiger partial charge is 0.180 e. The zero-order valence-electron chi connectivity index (χ0n) is 11.8. The van der Waals surface area contributed by atoms with Crippen molar-refractivity contribution in [3.8, 4) is 5.75 Å². The van der Waals surface area contributed by atoms with E-state index < -0.39 is 0 Å². The van der Waals surface area contributed by atoms with Crippen LogP contribution in [0.1, 0.15) is 15.2 Å². The third-order valence-electron chi connectivity index (χ3n) is 3.14. The first kappa shape index (κ1) is 14.8. The van der Waals surface area contributed by atoms with E-state index in [4.69, 9.17) is 4.74 Å². The van der Waals surface area contributed by atoms with Crippen molar-refractivity contribution in [3.63, 3.8) is 0 Å². The standard InChI is InChI=1S/C16H19NO2S/c1-17(10-9-13-6-5-11-20-13)12-15(18)14-7-3-4-8-16(14)19-2/h3-8,11H,9-10,12H2,1-2H3. The molecule has 1 aromatic carbocycles. The largest absolute Gasteiger partial charge is 0.496 e. The third-order valence-corrected chi connectivity index (χ3v) is 4.08. The lowest BCUT2D eigenvalue weighted by atomic mass is 10.1. The van der Waals surface area contributed by atoms with Gasteiger partial charge in [0.05, 0.1) is 19.2 Å². The number of nitrogens with zero attached hydrogens (tertiary/aromatic N) is 1. The fourth-order valence-corrected chi connectivity index (χ4v) is 2.74. The van der Waals surface area contributed by atoms with E-state index in [-0.39, 0.29) is 5.78 Å². The summed E-state index contributed by atoms with van der Waals surface area (Å²) in [5.74, 6) is 0.736. The molecule has 0 radical (unpaired) electrons. The predicted octanol–water partition coefficient (Wildman–Crippen LogP) is 3.11. The highest BCUT2D eigenvalue weighted by molar-refractivity contribution is 7.09. The van der Waals surface area contributed by atoms with E-state index in [0.717, 1.165) is 13.0 Å². The van der Waals surface area contributed by atoms with Gasteiger partial charge < -0.3 is 4.74 Å². The third kappa shape index (κ3) is 3.92. The molecule has 4 heteroatoms. The summed E-state index contributed by atoms with van der Waals surface area (Å²) >= 11 is 1.75. The van der Waals surface area contributed by atoms with Gasteiger partial charge in [0.15, 0.2) is 5.78 Å². The summed E-state index contributed by atoms with van der Waals surface area (Å²) in [5, 5.41) is 2.08. The van der Waals surface area contributed by atoms with Gasteiger partial charge in [-0.25, -0.2) is 0 Å². The van der Waals surface area contributed by atoms with Gasteiger partial charge in [-0.05, 0) is 37.0 Å². The minimum Gasteiger partial charge on any atom is -0.496 e. The molecule has 1 aromatic heterocycles. The molecule has 20 heavy (non-hydrogen) atoms. The van der Waals surface area contributed by atoms with Crippen molar-refractivity contribution >= 4 is 17.1 Å². The number of Topliss-reactive ketones (excluding diaryl/α,β-unsaturated/α-hetero) is 1. The van der Waals surface area contributed by atoms with Crippen LogP contribution in [0.4, 0.5) is 0 Å². The quantitative estimate of drug-likeness (QED) is 0.734. The number of methoxy groups -OCH3 is 1. The van der Waals surface area contributed by atoms with E-state index in [1.54, 1.807) is 18.4 Å². The number of ether oxygens (including phenoxy) is 1. The van der Waals surface area contributed by atoms with E-state index in [0.29, 0.717) is 17.9 Å². The number of para-hydroxylation sites is 1.